The Labute approximate surface area is 109 Å². The van der Waals surface area contributed by atoms with E-state index in [1.165, 1.54) is 12.1 Å². The quantitative estimate of drug-likeness (QED) is 0.534. The molecule has 3 atom stereocenters. The zero-order valence-corrected chi connectivity index (χ0v) is 10.9. The van der Waals surface area contributed by atoms with Gasteiger partial charge in [0.2, 0.25) is 0 Å². The highest BCUT2D eigenvalue weighted by Crippen LogP contribution is 2.64. The van der Waals surface area contributed by atoms with E-state index in [0.29, 0.717) is 5.56 Å². The van der Waals surface area contributed by atoms with E-state index in [1.54, 1.807) is 0 Å². The normalized spacial score (nSPS) is 30.6. The van der Waals surface area contributed by atoms with Crippen molar-refractivity contribution < 1.29 is 13.2 Å². The molecule has 0 aliphatic heterocycles. The van der Waals surface area contributed by atoms with Crippen LogP contribution in [0.5, 0.6) is 0 Å². The van der Waals surface area contributed by atoms with Gasteiger partial charge in [-0.05, 0) is 37.6 Å². The van der Waals surface area contributed by atoms with Crippen molar-refractivity contribution in [2.45, 2.75) is 31.1 Å². The molecule has 0 spiro atoms. The molecule has 1 aliphatic carbocycles. The number of hydrogen-bond donors (Lipinski definition) is 0. The van der Waals surface area contributed by atoms with Crippen LogP contribution in [-0.2, 0) is 0 Å². The molecule has 0 saturated heterocycles. The minimum atomic E-state index is -2.68. The van der Waals surface area contributed by atoms with Crippen LogP contribution >= 0.6 is 11.6 Å². The first-order chi connectivity index (χ1) is 8.25. The third-order valence-electron chi connectivity index (χ3n) is 3.52. The lowest BCUT2D eigenvalue weighted by atomic mass is 10.0. The molecule has 18 heavy (non-hydrogen) atoms. The Morgan fingerprint density at radius 1 is 1.39 bits per heavy atom. The summed E-state index contributed by atoms with van der Waals surface area (Å²) in [6.45, 7) is 7.51. The fraction of sp³-hybridized carbons (Fsp3) is 0.429. The summed E-state index contributed by atoms with van der Waals surface area (Å²) < 4.78 is 38.6. The molecule has 3 unspecified atom stereocenters. The van der Waals surface area contributed by atoms with Gasteiger partial charge in [-0.1, -0.05) is 12.2 Å². The third-order valence-corrected chi connectivity index (χ3v) is 4.00. The van der Waals surface area contributed by atoms with Crippen molar-refractivity contribution in [2.75, 3.05) is 0 Å². The van der Waals surface area contributed by atoms with Crippen molar-refractivity contribution in [3.05, 3.63) is 47.3 Å². The van der Waals surface area contributed by atoms with Gasteiger partial charge in [-0.15, -0.1) is 11.6 Å². The van der Waals surface area contributed by atoms with Gasteiger partial charge >= 0.3 is 0 Å². The van der Waals surface area contributed by atoms with Gasteiger partial charge in [0.15, 0.2) is 0 Å². The molecule has 0 heterocycles. The molecule has 0 amide bonds. The molecule has 1 fully saturated rings. The second kappa shape index (κ2) is 4.30. The summed E-state index contributed by atoms with van der Waals surface area (Å²) in [6, 6.07) is 3.47. The molecule has 1 aromatic carbocycles. The first-order valence-corrected chi connectivity index (χ1v) is 6.05. The smallest absolute Gasteiger partial charge is 0.207 e. The van der Waals surface area contributed by atoms with E-state index in [4.69, 9.17) is 11.6 Å². The maximum absolute atomic E-state index is 13.4. The summed E-state index contributed by atoms with van der Waals surface area (Å²) in [4.78, 5) is -0.557. The van der Waals surface area contributed by atoms with Crippen LogP contribution in [0.4, 0.5) is 13.2 Å². The molecule has 1 saturated carbocycles. The molecule has 1 aromatic rings. The van der Waals surface area contributed by atoms with Crippen LogP contribution in [0, 0.1) is 11.7 Å². The van der Waals surface area contributed by atoms with Gasteiger partial charge < -0.3 is 0 Å². The molecule has 2 rings (SSSR count). The molecule has 1 aliphatic rings. The molecular weight excluding hydrogens is 261 g/mol. The van der Waals surface area contributed by atoms with Crippen molar-refractivity contribution in [1.29, 1.82) is 0 Å². The Bertz CT molecular complexity index is 494. The summed E-state index contributed by atoms with van der Waals surface area (Å²) in [5, 5.41) is 0. The first-order valence-electron chi connectivity index (χ1n) is 5.68. The van der Waals surface area contributed by atoms with Crippen LogP contribution in [0.15, 0.2) is 30.4 Å². The minimum Gasteiger partial charge on any atom is -0.207 e. The number of alkyl halides is 3. The molecule has 0 radical (unpaired) electrons. The van der Waals surface area contributed by atoms with Crippen molar-refractivity contribution in [3.8, 4) is 0 Å². The summed E-state index contributed by atoms with van der Waals surface area (Å²) in [5.74, 6) is -0.793. The van der Waals surface area contributed by atoms with Crippen molar-refractivity contribution in [1.82, 2.24) is 0 Å². The van der Waals surface area contributed by atoms with E-state index < -0.39 is 17.1 Å². The zero-order chi connectivity index (χ0) is 13.7. The van der Waals surface area contributed by atoms with Crippen LogP contribution in [0.2, 0.25) is 0 Å². The van der Waals surface area contributed by atoms with Crippen LogP contribution in [0.25, 0.3) is 0 Å². The van der Waals surface area contributed by atoms with Gasteiger partial charge in [-0.3, -0.25) is 0 Å². The maximum atomic E-state index is 13.4. The number of allylic oxidation sites excluding steroid dienone is 1. The largest absolute Gasteiger partial charge is 0.263 e. The zero-order valence-electron chi connectivity index (χ0n) is 10.2. The average Bonchev–Trinajstić information content (AvgIpc) is 2.80. The summed E-state index contributed by atoms with van der Waals surface area (Å²) in [5.41, 5.74) is 1.11. The maximum Gasteiger partial charge on any atom is 0.263 e. The number of rotatable bonds is 3. The van der Waals surface area contributed by atoms with E-state index >= 15 is 0 Å². The second-order valence-corrected chi connectivity index (χ2v) is 5.89. The molecule has 4 heteroatoms. The van der Waals surface area contributed by atoms with Crippen LogP contribution < -0.4 is 0 Å². The molecule has 0 bridgehead atoms. The lowest BCUT2D eigenvalue weighted by Gasteiger charge is -2.06. The predicted molar refractivity (Wildman–Crippen MR) is 66.7 cm³/mol. The number of hydrogen-bond acceptors (Lipinski definition) is 0. The Balaban J connectivity index is 2.39. The van der Waals surface area contributed by atoms with Crippen LogP contribution in [0.3, 0.4) is 0 Å². The molecule has 0 N–H and O–H groups in total. The Morgan fingerprint density at radius 3 is 2.44 bits per heavy atom. The molecule has 98 valence electrons. The second-order valence-electron chi connectivity index (χ2n) is 5.07. The van der Waals surface area contributed by atoms with Gasteiger partial charge in [0.1, 0.15) is 5.82 Å². The molecular formula is C14H14ClF3. The van der Waals surface area contributed by atoms with Gasteiger partial charge in [0.25, 0.3) is 6.43 Å². The minimum absolute atomic E-state index is 0.00601. The van der Waals surface area contributed by atoms with Crippen LogP contribution in [-0.4, -0.2) is 4.87 Å². The Hall–Kier alpha value is -0.960. The van der Waals surface area contributed by atoms with Crippen molar-refractivity contribution >= 4 is 11.6 Å². The first kappa shape index (κ1) is 13.5. The fourth-order valence-electron chi connectivity index (χ4n) is 2.71. The van der Waals surface area contributed by atoms with Gasteiger partial charge in [-0.2, -0.15) is 0 Å². The van der Waals surface area contributed by atoms with E-state index in [2.05, 4.69) is 6.58 Å². The van der Waals surface area contributed by atoms with E-state index in [0.717, 1.165) is 11.6 Å². The number of benzene rings is 1. The van der Waals surface area contributed by atoms with Crippen molar-refractivity contribution in [3.63, 3.8) is 0 Å². The Kier molecular flexibility index (Phi) is 3.22. The average molecular weight is 275 g/mol. The summed E-state index contributed by atoms with van der Waals surface area (Å²) in [7, 11) is 0. The number of halogens is 4. The predicted octanol–water partition coefficient (Wildman–Crippen LogP) is 5.05. The highest BCUT2D eigenvalue weighted by molar-refractivity contribution is 6.27. The van der Waals surface area contributed by atoms with Gasteiger partial charge in [-0.25, -0.2) is 13.2 Å². The molecule has 0 nitrogen and oxygen atoms in total. The van der Waals surface area contributed by atoms with Crippen molar-refractivity contribution in [2.24, 2.45) is 5.92 Å². The van der Waals surface area contributed by atoms with Crippen LogP contribution in [0.1, 0.15) is 37.3 Å². The Morgan fingerprint density at radius 2 is 2.00 bits per heavy atom. The lowest BCUT2D eigenvalue weighted by Crippen LogP contribution is -1.97. The standard InChI is InChI=1S/C14H14ClF3/c1-7(2)11-12(14(11,3)15)8-4-9(13(17)18)6-10(16)5-8/h4-6,11-13H,1H2,2-3H3. The monoisotopic (exact) mass is 274 g/mol. The third kappa shape index (κ3) is 2.16. The lowest BCUT2D eigenvalue weighted by molar-refractivity contribution is 0.151. The summed E-state index contributed by atoms with van der Waals surface area (Å²) >= 11 is 6.32. The SMILES string of the molecule is C=C(C)C1C(c2cc(F)cc(C(F)F)c2)C1(C)Cl. The topological polar surface area (TPSA) is 0 Å². The highest BCUT2D eigenvalue weighted by atomic mass is 35.5. The van der Waals surface area contributed by atoms with E-state index in [1.807, 2.05) is 13.8 Å². The van der Waals surface area contributed by atoms with E-state index in [9.17, 15) is 13.2 Å². The highest BCUT2D eigenvalue weighted by Gasteiger charge is 2.61. The molecule has 0 aromatic heterocycles. The van der Waals surface area contributed by atoms with E-state index in [-0.39, 0.29) is 17.4 Å². The van der Waals surface area contributed by atoms with Gasteiger partial charge in [0, 0.05) is 17.4 Å². The summed E-state index contributed by atoms with van der Waals surface area (Å²) in [6.07, 6.45) is -2.68. The van der Waals surface area contributed by atoms with Gasteiger partial charge in [0.05, 0.1) is 4.87 Å². The fourth-order valence-corrected chi connectivity index (χ4v) is 3.21.